The third-order valence-electron chi connectivity index (χ3n) is 2.04. The minimum absolute atomic E-state index is 0.234. The van der Waals surface area contributed by atoms with Crippen LogP contribution in [-0.2, 0) is 0 Å². The van der Waals surface area contributed by atoms with Crippen molar-refractivity contribution in [3.05, 3.63) is 23.8 Å². The molecule has 0 radical (unpaired) electrons. The first kappa shape index (κ1) is 10.5. The maximum Gasteiger partial charge on any atom is 0.179 e. The Labute approximate surface area is 82.0 Å². The highest BCUT2D eigenvalue weighted by Gasteiger charge is 2.14. The van der Waals surface area contributed by atoms with E-state index in [1.165, 1.54) is 18.2 Å². The SMILES string of the molecule is CCC(N)C(=O)c1ccc(O)c(O)c1. The van der Waals surface area contributed by atoms with Crippen LogP contribution in [0.2, 0.25) is 0 Å². The number of phenols is 2. The summed E-state index contributed by atoms with van der Waals surface area (Å²) in [6.45, 7) is 1.81. The molecule has 0 aromatic heterocycles. The number of nitrogens with two attached hydrogens (primary N) is 1. The lowest BCUT2D eigenvalue weighted by Crippen LogP contribution is -2.29. The first-order chi connectivity index (χ1) is 6.56. The zero-order valence-electron chi connectivity index (χ0n) is 7.90. The first-order valence-corrected chi connectivity index (χ1v) is 4.38. The molecule has 0 aliphatic rings. The minimum atomic E-state index is -0.557. The normalized spacial score (nSPS) is 12.4. The van der Waals surface area contributed by atoms with Crippen LogP contribution in [0.25, 0.3) is 0 Å². The molecule has 4 heteroatoms. The van der Waals surface area contributed by atoms with Crippen LogP contribution >= 0.6 is 0 Å². The summed E-state index contributed by atoms with van der Waals surface area (Å²) >= 11 is 0. The zero-order chi connectivity index (χ0) is 10.7. The zero-order valence-corrected chi connectivity index (χ0v) is 7.90. The van der Waals surface area contributed by atoms with E-state index in [0.717, 1.165) is 0 Å². The monoisotopic (exact) mass is 195 g/mol. The molecule has 1 rings (SSSR count). The maximum absolute atomic E-state index is 11.5. The van der Waals surface area contributed by atoms with Crippen molar-refractivity contribution in [2.75, 3.05) is 0 Å². The third-order valence-corrected chi connectivity index (χ3v) is 2.04. The second-order valence-electron chi connectivity index (χ2n) is 3.08. The minimum Gasteiger partial charge on any atom is -0.504 e. The number of hydrogen-bond acceptors (Lipinski definition) is 4. The van der Waals surface area contributed by atoms with E-state index in [9.17, 15) is 4.79 Å². The van der Waals surface area contributed by atoms with Gasteiger partial charge in [-0.1, -0.05) is 6.92 Å². The summed E-state index contributed by atoms with van der Waals surface area (Å²) < 4.78 is 0. The molecule has 76 valence electrons. The van der Waals surface area contributed by atoms with Crippen LogP contribution in [-0.4, -0.2) is 22.0 Å². The van der Waals surface area contributed by atoms with Gasteiger partial charge in [-0.3, -0.25) is 4.79 Å². The lowest BCUT2D eigenvalue weighted by molar-refractivity contribution is 0.0959. The van der Waals surface area contributed by atoms with E-state index in [1.807, 2.05) is 6.92 Å². The van der Waals surface area contributed by atoms with Gasteiger partial charge in [-0.15, -0.1) is 0 Å². The maximum atomic E-state index is 11.5. The average Bonchev–Trinajstić information content (AvgIpc) is 2.20. The van der Waals surface area contributed by atoms with Gasteiger partial charge in [0.15, 0.2) is 17.3 Å². The van der Waals surface area contributed by atoms with Crippen molar-refractivity contribution in [2.45, 2.75) is 19.4 Å². The third kappa shape index (κ3) is 2.03. The van der Waals surface area contributed by atoms with Crippen LogP contribution < -0.4 is 5.73 Å². The van der Waals surface area contributed by atoms with Gasteiger partial charge >= 0.3 is 0 Å². The molecule has 0 spiro atoms. The van der Waals surface area contributed by atoms with Crippen LogP contribution in [0.3, 0.4) is 0 Å². The summed E-state index contributed by atoms with van der Waals surface area (Å²) in [5.41, 5.74) is 5.86. The smallest absolute Gasteiger partial charge is 0.179 e. The highest BCUT2D eigenvalue weighted by molar-refractivity contribution is 6.00. The van der Waals surface area contributed by atoms with E-state index in [0.29, 0.717) is 12.0 Å². The van der Waals surface area contributed by atoms with Gasteiger partial charge in [-0.25, -0.2) is 0 Å². The molecule has 0 amide bonds. The number of benzene rings is 1. The molecule has 1 atom stereocenters. The Kier molecular flexibility index (Phi) is 3.09. The number of carbonyl (C=O) groups excluding carboxylic acids is 1. The molecule has 0 aliphatic heterocycles. The van der Waals surface area contributed by atoms with Gasteiger partial charge in [0.1, 0.15) is 0 Å². The lowest BCUT2D eigenvalue weighted by atomic mass is 10.0. The number of phenolic OH excluding ortho intramolecular Hbond substituents is 2. The quantitative estimate of drug-likeness (QED) is 0.496. The van der Waals surface area contributed by atoms with Gasteiger partial charge < -0.3 is 15.9 Å². The van der Waals surface area contributed by atoms with E-state index < -0.39 is 6.04 Å². The molecule has 1 unspecified atom stereocenters. The molecule has 4 N–H and O–H groups in total. The van der Waals surface area contributed by atoms with Gasteiger partial charge in [0.05, 0.1) is 6.04 Å². The first-order valence-electron chi connectivity index (χ1n) is 4.38. The molecule has 0 bridgehead atoms. The fraction of sp³-hybridized carbons (Fsp3) is 0.300. The number of hydrogen-bond donors (Lipinski definition) is 3. The van der Waals surface area contributed by atoms with Crippen molar-refractivity contribution in [2.24, 2.45) is 5.73 Å². The van der Waals surface area contributed by atoms with Gasteiger partial charge in [-0.2, -0.15) is 0 Å². The van der Waals surface area contributed by atoms with Crippen molar-refractivity contribution in [1.82, 2.24) is 0 Å². The van der Waals surface area contributed by atoms with E-state index in [4.69, 9.17) is 15.9 Å². The summed E-state index contributed by atoms with van der Waals surface area (Å²) in [6.07, 6.45) is 0.542. The summed E-state index contributed by atoms with van der Waals surface area (Å²) in [4.78, 5) is 11.5. The van der Waals surface area contributed by atoms with Crippen LogP contribution in [0, 0.1) is 0 Å². The Morgan fingerprint density at radius 1 is 1.43 bits per heavy atom. The molecule has 4 nitrogen and oxygen atoms in total. The number of carbonyl (C=O) groups is 1. The van der Waals surface area contributed by atoms with Crippen LogP contribution in [0.1, 0.15) is 23.7 Å². The Morgan fingerprint density at radius 3 is 2.57 bits per heavy atom. The summed E-state index contributed by atoms with van der Waals surface area (Å²) in [5.74, 6) is -0.784. The number of Topliss-reactive ketones (excluding diaryl/α,β-unsaturated/α-hetero) is 1. The van der Waals surface area contributed by atoms with Crippen LogP contribution in [0.4, 0.5) is 0 Å². The Balaban J connectivity index is 2.97. The van der Waals surface area contributed by atoms with Gasteiger partial charge in [-0.05, 0) is 24.6 Å². The van der Waals surface area contributed by atoms with Crippen molar-refractivity contribution >= 4 is 5.78 Å². The summed E-state index contributed by atoms with van der Waals surface area (Å²) in [5, 5.41) is 18.2. The molecule has 1 aromatic carbocycles. The topological polar surface area (TPSA) is 83.6 Å². The fourth-order valence-corrected chi connectivity index (χ4v) is 1.08. The molecule has 0 aliphatic carbocycles. The van der Waals surface area contributed by atoms with E-state index in [-0.39, 0.29) is 17.3 Å². The second kappa shape index (κ2) is 4.11. The highest BCUT2D eigenvalue weighted by atomic mass is 16.3. The molecular formula is C10H13NO3. The highest BCUT2D eigenvalue weighted by Crippen LogP contribution is 2.25. The average molecular weight is 195 g/mol. The van der Waals surface area contributed by atoms with Crippen molar-refractivity contribution in [3.8, 4) is 11.5 Å². The van der Waals surface area contributed by atoms with Crippen molar-refractivity contribution in [3.63, 3.8) is 0 Å². The predicted octanol–water partition coefficient (Wildman–Crippen LogP) is 1.02. The van der Waals surface area contributed by atoms with Gasteiger partial charge in [0.2, 0.25) is 0 Å². The predicted molar refractivity (Wildman–Crippen MR) is 52.4 cm³/mol. The molecule has 0 saturated carbocycles. The number of ketones is 1. The number of aromatic hydroxyl groups is 2. The standard InChI is InChI=1S/C10H13NO3/c1-2-7(11)10(14)6-3-4-8(12)9(13)5-6/h3-5,7,12-13H,2,11H2,1H3. The molecule has 0 fully saturated rings. The van der Waals surface area contributed by atoms with Crippen LogP contribution in [0.5, 0.6) is 11.5 Å². The van der Waals surface area contributed by atoms with E-state index >= 15 is 0 Å². The fourth-order valence-electron chi connectivity index (χ4n) is 1.08. The molecule has 1 aromatic rings. The molecule has 0 saturated heterocycles. The Bertz CT molecular complexity index is 349. The second-order valence-corrected chi connectivity index (χ2v) is 3.08. The summed E-state index contributed by atoms with van der Waals surface area (Å²) in [6, 6.07) is 3.37. The van der Waals surface area contributed by atoms with E-state index in [2.05, 4.69) is 0 Å². The van der Waals surface area contributed by atoms with Crippen LogP contribution in [0.15, 0.2) is 18.2 Å². The Hall–Kier alpha value is -1.55. The molecular weight excluding hydrogens is 182 g/mol. The van der Waals surface area contributed by atoms with Crippen molar-refractivity contribution < 1.29 is 15.0 Å². The number of rotatable bonds is 3. The van der Waals surface area contributed by atoms with Gasteiger partial charge in [0.25, 0.3) is 0 Å². The summed E-state index contributed by atoms with van der Waals surface area (Å²) in [7, 11) is 0. The Morgan fingerprint density at radius 2 is 2.07 bits per heavy atom. The molecule has 14 heavy (non-hydrogen) atoms. The van der Waals surface area contributed by atoms with Gasteiger partial charge in [0, 0.05) is 5.56 Å². The molecule has 0 heterocycles. The lowest BCUT2D eigenvalue weighted by Gasteiger charge is -2.07. The van der Waals surface area contributed by atoms with E-state index in [1.54, 1.807) is 0 Å². The largest absolute Gasteiger partial charge is 0.504 e. The van der Waals surface area contributed by atoms with Crippen molar-refractivity contribution in [1.29, 1.82) is 0 Å².